The zero-order valence-electron chi connectivity index (χ0n) is 14.7. The summed E-state index contributed by atoms with van der Waals surface area (Å²) in [4.78, 5) is 12.5. The average Bonchev–Trinajstić information content (AvgIpc) is 2.55. The third-order valence-corrected chi connectivity index (χ3v) is 3.92. The molecule has 0 radical (unpaired) electrons. The first-order chi connectivity index (χ1) is 11.3. The van der Waals surface area contributed by atoms with Crippen LogP contribution >= 0.6 is 0 Å². The smallest absolute Gasteiger partial charge is 0.255 e. The van der Waals surface area contributed by atoms with Crippen LogP contribution in [-0.4, -0.2) is 19.6 Å². The van der Waals surface area contributed by atoms with E-state index < -0.39 is 0 Å². The standard InChI is InChI=1S/C20H24FNO2/c1-20(2,3)15-7-10-18(24-4)17(13-15)19(23)22-12-11-14-5-8-16(21)9-6-14/h5-10,13H,11-12H2,1-4H3,(H,22,23). The van der Waals surface area contributed by atoms with E-state index in [-0.39, 0.29) is 17.1 Å². The number of amides is 1. The molecule has 0 aliphatic carbocycles. The van der Waals surface area contributed by atoms with Gasteiger partial charge in [-0.15, -0.1) is 0 Å². The van der Waals surface area contributed by atoms with E-state index >= 15 is 0 Å². The zero-order chi connectivity index (χ0) is 17.7. The molecular formula is C20H24FNO2. The number of benzene rings is 2. The summed E-state index contributed by atoms with van der Waals surface area (Å²) in [5, 5.41) is 2.90. The number of hydrogen-bond donors (Lipinski definition) is 1. The molecule has 4 heteroatoms. The lowest BCUT2D eigenvalue weighted by atomic mass is 9.86. The molecule has 0 spiro atoms. The van der Waals surface area contributed by atoms with Crippen LogP contribution in [0.25, 0.3) is 0 Å². The molecule has 0 bridgehead atoms. The predicted molar refractivity (Wildman–Crippen MR) is 94.1 cm³/mol. The van der Waals surface area contributed by atoms with Crippen molar-refractivity contribution in [3.8, 4) is 5.75 Å². The van der Waals surface area contributed by atoms with Crippen LogP contribution in [0.15, 0.2) is 42.5 Å². The largest absolute Gasteiger partial charge is 0.496 e. The lowest BCUT2D eigenvalue weighted by Crippen LogP contribution is -2.26. The number of methoxy groups -OCH3 is 1. The molecule has 2 aromatic rings. The van der Waals surface area contributed by atoms with Crippen molar-refractivity contribution in [2.24, 2.45) is 0 Å². The summed E-state index contributed by atoms with van der Waals surface area (Å²) in [6, 6.07) is 12.0. The van der Waals surface area contributed by atoms with Gasteiger partial charge < -0.3 is 10.1 Å². The van der Waals surface area contributed by atoms with Gasteiger partial charge in [-0.3, -0.25) is 4.79 Å². The quantitative estimate of drug-likeness (QED) is 0.897. The van der Waals surface area contributed by atoms with Crippen molar-refractivity contribution >= 4 is 5.91 Å². The highest BCUT2D eigenvalue weighted by Gasteiger charge is 2.19. The maximum Gasteiger partial charge on any atom is 0.255 e. The molecule has 3 nitrogen and oxygen atoms in total. The number of rotatable bonds is 5. The Morgan fingerprint density at radius 3 is 2.38 bits per heavy atom. The second-order valence-electron chi connectivity index (χ2n) is 6.80. The Bertz CT molecular complexity index is 703. The maximum absolute atomic E-state index is 12.9. The second kappa shape index (κ2) is 7.47. The van der Waals surface area contributed by atoms with Gasteiger partial charge in [-0.05, 0) is 47.2 Å². The van der Waals surface area contributed by atoms with Crippen molar-refractivity contribution in [1.29, 1.82) is 0 Å². The Kier molecular flexibility index (Phi) is 5.60. The molecule has 0 saturated heterocycles. The highest BCUT2D eigenvalue weighted by molar-refractivity contribution is 5.97. The third kappa shape index (κ3) is 4.57. The van der Waals surface area contributed by atoms with Crippen LogP contribution in [0.3, 0.4) is 0 Å². The zero-order valence-corrected chi connectivity index (χ0v) is 14.7. The van der Waals surface area contributed by atoms with Gasteiger partial charge in [0.2, 0.25) is 0 Å². The monoisotopic (exact) mass is 329 g/mol. The molecule has 2 aromatic carbocycles. The van der Waals surface area contributed by atoms with Crippen molar-refractivity contribution in [2.75, 3.05) is 13.7 Å². The molecule has 24 heavy (non-hydrogen) atoms. The predicted octanol–water partition coefficient (Wildman–Crippen LogP) is 4.10. The Hall–Kier alpha value is -2.36. The first-order valence-corrected chi connectivity index (χ1v) is 8.02. The Morgan fingerprint density at radius 1 is 1.12 bits per heavy atom. The fraction of sp³-hybridized carbons (Fsp3) is 0.350. The molecule has 0 aromatic heterocycles. The molecule has 1 amide bonds. The molecule has 0 aliphatic heterocycles. The molecule has 128 valence electrons. The van der Waals surface area contributed by atoms with Crippen molar-refractivity contribution in [3.05, 3.63) is 65.0 Å². The molecule has 0 saturated carbocycles. The van der Waals surface area contributed by atoms with Gasteiger partial charge >= 0.3 is 0 Å². The van der Waals surface area contributed by atoms with Gasteiger partial charge in [0, 0.05) is 6.54 Å². The summed E-state index contributed by atoms with van der Waals surface area (Å²) < 4.78 is 18.2. The van der Waals surface area contributed by atoms with Crippen LogP contribution in [-0.2, 0) is 11.8 Å². The van der Waals surface area contributed by atoms with Crippen LogP contribution in [0.5, 0.6) is 5.75 Å². The summed E-state index contributed by atoms with van der Waals surface area (Å²) in [6.07, 6.45) is 0.646. The molecular weight excluding hydrogens is 305 g/mol. The van der Waals surface area contributed by atoms with E-state index in [1.165, 1.54) is 12.1 Å². The average molecular weight is 329 g/mol. The summed E-state index contributed by atoms with van der Waals surface area (Å²) in [5.74, 6) is 0.133. The van der Waals surface area contributed by atoms with Gasteiger partial charge in [0.05, 0.1) is 12.7 Å². The normalized spacial score (nSPS) is 11.2. The van der Waals surface area contributed by atoms with Crippen molar-refractivity contribution < 1.29 is 13.9 Å². The van der Waals surface area contributed by atoms with E-state index in [0.29, 0.717) is 24.3 Å². The molecule has 0 fully saturated rings. The topological polar surface area (TPSA) is 38.3 Å². The highest BCUT2D eigenvalue weighted by Crippen LogP contribution is 2.27. The minimum absolute atomic E-state index is 0.0462. The van der Waals surface area contributed by atoms with E-state index in [9.17, 15) is 9.18 Å². The minimum atomic E-state index is -0.258. The van der Waals surface area contributed by atoms with Gasteiger partial charge in [-0.25, -0.2) is 4.39 Å². The highest BCUT2D eigenvalue weighted by atomic mass is 19.1. The van der Waals surface area contributed by atoms with Crippen LogP contribution in [0.4, 0.5) is 4.39 Å². The van der Waals surface area contributed by atoms with Crippen LogP contribution < -0.4 is 10.1 Å². The molecule has 0 atom stereocenters. The Morgan fingerprint density at radius 2 is 1.79 bits per heavy atom. The summed E-state index contributed by atoms with van der Waals surface area (Å²) in [6.45, 7) is 6.79. The lowest BCUT2D eigenvalue weighted by Gasteiger charge is -2.21. The molecule has 1 N–H and O–H groups in total. The summed E-state index contributed by atoms with van der Waals surface area (Å²) in [7, 11) is 1.56. The van der Waals surface area contributed by atoms with E-state index in [1.54, 1.807) is 19.2 Å². The van der Waals surface area contributed by atoms with Crippen LogP contribution in [0.2, 0.25) is 0 Å². The summed E-state index contributed by atoms with van der Waals surface area (Å²) in [5.41, 5.74) is 2.54. The van der Waals surface area contributed by atoms with Crippen molar-refractivity contribution in [1.82, 2.24) is 5.32 Å². The molecule has 0 heterocycles. The van der Waals surface area contributed by atoms with Crippen LogP contribution in [0, 0.1) is 5.82 Å². The maximum atomic E-state index is 12.9. The fourth-order valence-corrected chi connectivity index (χ4v) is 2.42. The number of carbonyl (C=O) groups is 1. The number of carbonyl (C=O) groups excluding carboxylic acids is 1. The van der Waals surface area contributed by atoms with Gasteiger partial charge in [0.1, 0.15) is 11.6 Å². The van der Waals surface area contributed by atoms with Gasteiger partial charge in [-0.1, -0.05) is 39.0 Å². The lowest BCUT2D eigenvalue weighted by molar-refractivity contribution is 0.0951. The SMILES string of the molecule is COc1ccc(C(C)(C)C)cc1C(=O)NCCc1ccc(F)cc1. The van der Waals surface area contributed by atoms with E-state index in [4.69, 9.17) is 4.74 Å². The third-order valence-electron chi connectivity index (χ3n) is 3.92. The number of halogens is 1. The number of nitrogens with one attached hydrogen (secondary N) is 1. The van der Waals surface area contributed by atoms with Crippen LogP contribution in [0.1, 0.15) is 42.3 Å². The summed E-state index contributed by atoms with van der Waals surface area (Å²) >= 11 is 0. The first-order valence-electron chi connectivity index (χ1n) is 8.02. The number of hydrogen-bond acceptors (Lipinski definition) is 2. The van der Waals surface area contributed by atoms with Gasteiger partial charge in [0.15, 0.2) is 0 Å². The van der Waals surface area contributed by atoms with E-state index in [1.807, 2.05) is 18.2 Å². The minimum Gasteiger partial charge on any atom is -0.496 e. The number of ether oxygens (including phenoxy) is 1. The van der Waals surface area contributed by atoms with E-state index in [0.717, 1.165) is 11.1 Å². The first kappa shape index (κ1) is 18.0. The van der Waals surface area contributed by atoms with Crippen molar-refractivity contribution in [2.45, 2.75) is 32.6 Å². The molecule has 2 rings (SSSR count). The Labute approximate surface area is 142 Å². The van der Waals surface area contributed by atoms with Gasteiger partial charge in [-0.2, -0.15) is 0 Å². The van der Waals surface area contributed by atoms with Crippen molar-refractivity contribution in [3.63, 3.8) is 0 Å². The second-order valence-corrected chi connectivity index (χ2v) is 6.80. The molecule has 0 aliphatic rings. The fourth-order valence-electron chi connectivity index (χ4n) is 2.42. The van der Waals surface area contributed by atoms with Gasteiger partial charge in [0.25, 0.3) is 5.91 Å². The molecule has 0 unspecified atom stereocenters. The van der Waals surface area contributed by atoms with E-state index in [2.05, 4.69) is 26.1 Å². The Balaban J connectivity index is 2.06.